The fraction of sp³-hybridized carbons (Fsp3) is 0.200. The SMILES string of the molecule is C=C[C@@H](N)c1ccc(F)cc1C(F)(F)F. The van der Waals surface area contributed by atoms with Crippen molar-refractivity contribution in [1.82, 2.24) is 0 Å². The number of rotatable bonds is 2. The van der Waals surface area contributed by atoms with E-state index < -0.39 is 23.6 Å². The van der Waals surface area contributed by atoms with Crippen molar-refractivity contribution in [2.75, 3.05) is 0 Å². The van der Waals surface area contributed by atoms with Gasteiger partial charge in [0.25, 0.3) is 0 Å². The Labute approximate surface area is 84.2 Å². The van der Waals surface area contributed by atoms with Crippen LogP contribution in [-0.2, 0) is 6.18 Å². The molecule has 1 atom stereocenters. The third-order valence-electron chi connectivity index (χ3n) is 1.93. The summed E-state index contributed by atoms with van der Waals surface area (Å²) in [6, 6.07) is 1.43. The van der Waals surface area contributed by atoms with Crippen molar-refractivity contribution in [3.05, 3.63) is 47.8 Å². The Morgan fingerprint density at radius 3 is 2.40 bits per heavy atom. The molecule has 2 N–H and O–H groups in total. The maximum atomic E-state index is 12.7. The number of nitrogens with two attached hydrogens (primary N) is 1. The zero-order valence-corrected chi connectivity index (χ0v) is 7.68. The topological polar surface area (TPSA) is 26.0 Å². The van der Waals surface area contributed by atoms with Gasteiger partial charge < -0.3 is 5.73 Å². The van der Waals surface area contributed by atoms with Crippen molar-refractivity contribution in [3.63, 3.8) is 0 Å². The van der Waals surface area contributed by atoms with Crippen LogP contribution in [0.2, 0.25) is 0 Å². The largest absolute Gasteiger partial charge is 0.416 e. The van der Waals surface area contributed by atoms with Gasteiger partial charge in [0.1, 0.15) is 5.82 Å². The van der Waals surface area contributed by atoms with E-state index in [1.54, 1.807) is 0 Å². The van der Waals surface area contributed by atoms with Crippen molar-refractivity contribution in [2.24, 2.45) is 5.73 Å². The molecule has 0 aliphatic heterocycles. The molecule has 0 heterocycles. The van der Waals surface area contributed by atoms with Gasteiger partial charge in [-0.1, -0.05) is 12.1 Å². The van der Waals surface area contributed by atoms with Gasteiger partial charge in [0, 0.05) is 6.04 Å². The third kappa shape index (κ3) is 2.56. The molecular weight excluding hydrogens is 210 g/mol. The molecule has 15 heavy (non-hydrogen) atoms. The molecule has 0 bridgehead atoms. The Balaban J connectivity index is 3.33. The summed E-state index contributed by atoms with van der Waals surface area (Å²) in [6.45, 7) is 3.30. The van der Waals surface area contributed by atoms with E-state index >= 15 is 0 Å². The normalized spacial score (nSPS) is 13.7. The van der Waals surface area contributed by atoms with Gasteiger partial charge in [-0.2, -0.15) is 13.2 Å². The van der Waals surface area contributed by atoms with Gasteiger partial charge in [0.2, 0.25) is 0 Å². The van der Waals surface area contributed by atoms with Crippen molar-refractivity contribution in [3.8, 4) is 0 Å². The van der Waals surface area contributed by atoms with E-state index in [1.165, 1.54) is 6.08 Å². The predicted molar refractivity (Wildman–Crippen MR) is 48.5 cm³/mol. The smallest absolute Gasteiger partial charge is 0.321 e. The number of halogens is 4. The average Bonchev–Trinajstić information content (AvgIpc) is 2.15. The zero-order valence-electron chi connectivity index (χ0n) is 7.68. The van der Waals surface area contributed by atoms with Crippen molar-refractivity contribution >= 4 is 0 Å². The highest BCUT2D eigenvalue weighted by atomic mass is 19.4. The summed E-state index contributed by atoms with van der Waals surface area (Å²) >= 11 is 0. The second-order valence-electron chi connectivity index (χ2n) is 2.99. The minimum absolute atomic E-state index is 0.182. The first kappa shape index (κ1) is 11.7. The molecule has 0 unspecified atom stereocenters. The van der Waals surface area contributed by atoms with Crippen LogP contribution in [0.15, 0.2) is 30.9 Å². The van der Waals surface area contributed by atoms with E-state index in [4.69, 9.17) is 5.73 Å². The molecule has 0 aliphatic carbocycles. The van der Waals surface area contributed by atoms with Crippen LogP contribution in [0.3, 0.4) is 0 Å². The van der Waals surface area contributed by atoms with Crippen LogP contribution in [0.5, 0.6) is 0 Å². The maximum Gasteiger partial charge on any atom is 0.416 e. The van der Waals surface area contributed by atoms with Gasteiger partial charge in [-0.3, -0.25) is 0 Å². The lowest BCUT2D eigenvalue weighted by Gasteiger charge is -2.15. The number of hydrogen-bond donors (Lipinski definition) is 1. The van der Waals surface area contributed by atoms with E-state index in [0.29, 0.717) is 6.07 Å². The Morgan fingerprint density at radius 1 is 1.33 bits per heavy atom. The molecule has 82 valence electrons. The summed E-state index contributed by atoms with van der Waals surface area (Å²) in [5, 5.41) is 0. The maximum absolute atomic E-state index is 12.7. The number of alkyl halides is 3. The van der Waals surface area contributed by atoms with Crippen LogP contribution < -0.4 is 5.73 Å². The van der Waals surface area contributed by atoms with Crippen LogP contribution in [0.1, 0.15) is 17.2 Å². The fourth-order valence-electron chi connectivity index (χ4n) is 1.19. The van der Waals surface area contributed by atoms with E-state index in [1.807, 2.05) is 0 Å². The van der Waals surface area contributed by atoms with Crippen LogP contribution >= 0.6 is 0 Å². The molecular formula is C10H9F4N. The summed E-state index contributed by atoms with van der Waals surface area (Å²) in [5.74, 6) is -0.942. The first-order chi connectivity index (χ1) is 6.86. The standard InChI is InChI=1S/C10H9F4N/c1-2-9(15)7-4-3-6(11)5-8(7)10(12,13)14/h2-5,9H,1,15H2/t9-/m1/s1. The average molecular weight is 219 g/mol. The first-order valence-corrected chi connectivity index (χ1v) is 4.11. The van der Waals surface area contributed by atoms with E-state index in [9.17, 15) is 17.6 Å². The van der Waals surface area contributed by atoms with Crippen LogP contribution in [0.4, 0.5) is 17.6 Å². The molecule has 1 rings (SSSR count). The lowest BCUT2D eigenvalue weighted by atomic mass is 10.0. The van der Waals surface area contributed by atoms with Crippen molar-refractivity contribution < 1.29 is 17.6 Å². The molecule has 0 radical (unpaired) electrons. The van der Waals surface area contributed by atoms with Crippen LogP contribution in [0, 0.1) is 5.82 Å². The van der Waals surface area contributed by atoms with Gasteiger partial charge in [-0.25, -0.2) is 4.39 Å². The lowest BCUT2D eigenvalue weighted by molar-refractivity contribution is -0.138. The van der Waals surface area contributed by atoms with Gasteiger partial charge in [0.05, 0.1) is 5.56 Å². The highest BCUT2D eigenvalue weighted by Crippen LogP contribution is 2.34. The molecule has 5 heteroatoms. The molecule has 0 amide bonds. The number of hydrogen-bond acceptors (Lipinski definition) is 1. The van der Waals surface area contributed by atoms with Crippen LogP contribution in [-0.4, -0.2) is 0 Å². The molecule has 0 saturated heterocycles. The Bertz CT molecular complexity index is 370. The molecule has 0 fully saturated rings. The molecule has 1 aromatic rings. The molecule has 0 spiro atoms. The molecule has 1 aromatic carbocycles. The van der Waals surface area contributed by atoms with Crippen molar-refractivity contribution in [1.29, 1.82) is 0 Å². The molecule has 1 nitrogen and oxygen atoms in total. The molecule has 0 aliphatic rings. The Hall–Kier alpha value is -1.36. The van der Waals surface area contributed by atoms with Crippen LogP contribution in [0.25, 0.3) is 0 Å². The third-order valence-corrected chi connectivity index (χ3v) is 1.93. The van der Waals surface area contributed by atoms with E-state index in [-0.39, 0.29) is 5.56 Å². The second-order valence-corrected chi connectivity index (χ2v) is 2.99. The van der Waals surface area contributed by atoms with Gasteiger partial charge >= 0.3 is 6.18 Å². The number of benzene rings is 1. The Kier molecular flexibility index (Phi) is 3.14. The molecule has 0 saturated carbocycles. The van der Waals surface area contributed by atoms with Gasteiger partial charge in [-0.15, -0.1) is 6.58 Å². The van der Waals surface area contributed by atoms with Gasteiger partial charge in [0.15, 0.2) is 0 Å². The monoisotopic (exact) mass is 219 g/mol. The zero-order chi connectivity index (χ0) is 11.6. The summed E-state index contributed by atoms with van der Waals surface area (Å²) in [4.78, 5) is 0. The van der Waals surface area contributed by atoms with E-state index in [0.717, 1.165) is 12.1 Å². The fourth-order valence-corrected chi connectivity index (χ4v) is 1.19. The highest BCUT2D eigenvalue weighted by molar-refractivity contribution is 5.34. The second kappa shape index (κ2) is 4.02. The predicted octanol–water partition coefficient (Wildman–Crippen LogP) is 3.03. The van der Waals surface area contributed by atoms with Crippen molar-refractivity contribution in [2.45, 2.75) is 12.2 Å². The van der Waals surface area contributed by atoms with E-state index in [2.05, 4.69) is 6.58 Å². The van der Waals surface area contributed by atoms with Gasteiger partial charge in [-0.05, 0) is 17.7 Å². The summed E-state index contributed by atoms with van der Waals surface area (Å²) in [5.41, 5.74) is 4.16. The molecule has 0 aromatic heterocycles. The summed E-state index contributed by atoms with van der Waals surface area (Å²) in [7, 11) is 0. The minimum atomic E-state index is -4.61. The quantitative estimate of drug-likeness (QED) is 0.600. The Morgan fingerprint density at radius 2 is 1.93 bits per heavy atom. The lowest BCUT2D eigenvalue weighted by Crippen LogP contribution is -2.16. The minimum Gasteiger partial charge on any atom is -0.321 e. The first-order valence-electron chi connectivity index (χ1n) is 4.11. The summed E-state index contributed by atoms with van der Waals surface area (Å²) in [6.07, 6.45) is -3.44. The summed E-state index contributed by atoms with van der Waals surface area (Å²) < 4.78 is 50.1. The highest BCUT2D eigenvalue weighted by Gasteiger charge is 2.34.